The fourth-order valence-electron chi connectivity index (χ4n) is 1.39. The van der Waals surface area contributed by atoms with Gasteiger partial charge in [0.2, 0.25) is 0 Å². The van der Waals surface area contributed by atoms with Crippen molar-refractivity contribution in [1.82, 2.24) is 5.32 Å². The van der Waals surface area contributed by atoms with Gasteiger partial charge in [0.1, 0.15) is 5.75 Å². The fraction of sp³-hybridized carbons (Fsp3) is 0.462. The first-order valence-corrected chi connectivity index (χ1v) is 6.35. The van der Waals surface area contributed by atoms with E-state index in [0.29, 0.717) is 17.3 Å². The Bertz CT molecular complexity index is 410. The second kappa shape index (κ2) is 7.24. The van der Waals surface area contributed by atoms with E-state index in [1.165, 1.54) is 0 Å². The first kappa shape index (κ1) is 14.8. The highest BCUT2D eigenvalue weighted by atomic mass is 35.5. The van der Waals surface area contributed by atoms with Crippen molar-refractivity contribution in [2.75, 3.05) is 6.61 Å². The highest BCUT2D eigenvalue weighted by molar-refractivity contribution is 6.30. The predicted octanol–water partition coefficient (Wildman–Crippen LogP) is 2.09. The molecule has 1 rings (SSSR count). The van der Waals surface area contributed by atoms with Gasteiger partial charge in [0.05, 0.1) is 0 Å². The molecule has 0 aromatic heterocycles. The summed E-state index contributed by atoms with van der Waals surface area (Å²) >= 11 is 5.87. The number of nitrogens with one attached hydrogen (secondary N) is 1. The standard InChI is InChI=1S/C13H19ClN2O2/c1-3-9(2)16-13(17)8-18-12-6-11(14)5-4-10(12)7-15/h4-6,9H,3,7-8,15H2,1-2H3,(H,16,17). The average Bonchev–Trinajstić information content (AvgIpc) is 2.36. The fourth-order valence-corrected chi connectivity index (χ4v) is 1.56. The second-order valence-corrected chi connectivity index (χ2v) is 4.56. The molecular formula is C13H19ClN2O2. The van der Waals surface area contributed by atoms with Gasteiger partial charge in [-0.2, -0.15) is 0 Å². The minimum Gasteiger partial charge on any atom is -0.483 e. The first-order chi connectivity index (χ1) is 8.56. The van der Waals surface area contributed by atoms with Crippen LogP contribution in [-0.4, -0.2) is 18.6 Å². The Labute approximate surface area is 112 Å². The third-order valence-corrected chi connectivity index (χ3v) is 2.86. The quantitative estimate of drug-likeness (QED) is 0.832. The summed E-state index contributed by atoms with van der Waals surface area (Å²) in [6.07, 6.45) is 0.886. The van der Waals surface area contributed by atoms with Crippen molar-refractivity contribution in [2.24, 2.45) is 5.73 Å². The molecule has 1 unspecified atom stereocenters. The van der Waals surface area contributed by atoms with Crippen LogP contribution >= 0.6 is 11.6 Å². The van der Waals surface area contributed by atoms with Crippen LogP contribution in [0.15, 0.2) is 18.2 Å². The number of nitrogens with two attached hydrogens (primary N) is 1. The minimum atomic E-state index is -0.146. The van der Waals surface area contributed by atoms with E-state index >= 15 is 0 Å². The Morgan fingerprint density at radius 2 is 2.28 bits per heavy atom. The highest BCUT2D eigenvalue weighted by Crippen LogP contribution is 2.22. The van der Waals surface area contributed by atoms with Gasteiger partial charge in [-0.05, 0) is 25.5 Å². The number of hydrogen-bond donors (Lipinski definition) is 2. The number of rotatable bonds is 6. The number of amides is 1. The molecule has 0 radical (unpaired) electrons. The van der Waals surface area contributed by atoms with Crippen LogP contribution < -0.4 is 15.8 Å². The van der Waals surface area contributed by atoms with Crippen LogP contribution in [0.2, 0.25) is 5.02 Å². The maximum atomic E-state index is 11.6. The second-order valence-electron chi connectivity index (χ2n) is 4.12. The van der Waals surface area contributed by atoms with Crippen molar-refractivity contribution in [3.63, 3.8) is 0 Å². The molecule has 0 heterocycles. The molecule has 3 N–H and O–H groups in total. The van der Waals surface area contributed by atoms with Crippen LogP contribution in [0.1, 0.15) is 25.8 Å². The molecule has 0 saturated heterocycles. The summed E-state index contributed by atoms with van der Waals surface area (Å²) in [5, 5.41) is 3.38. The molecule has 4 nitrogen and oxygen atoms in total. The predicted molar refractivity (Wildman–Crippen MR) is 72.7 cm³/mol. The third kappa shape index (κ3) is 4.55. The lowest BCUT2D eigenvalue weighted by Crippen LogP contribution is -2.35. The van der Waals surface area contributed by atoms with E-state index in [-0.39, 0.29) is 18.6 Å². The molecule has 0 saturated carbocycles. The van der Waals surface area contributed by atoms with Gasteiger partial charge < -0.3 is 15.8 Å². The molecule has 0 aliphatic rings. The molecule has 0 bridgehead atoms. The number of carbonyl (C=O) groups is 1. The van der Waals surface area contributed by atoms with Gasteiger partial charge in [0.15, 0.2) is 6.61 Å². The molecule has 0 aliphatic heterocycles. The first-order valence-electron chi connectivity index (χ1n) is 5.97. The number of benzene rings is 1. The van der Waals surface area contributed by atoms with Gasteiger partial charge in [-0.15, -0.1) is 0 Å². The van der Waals surface area contributed by atoms with Crippen LogP contribution in [0, 0.1) is 0 Å². The Morgan fingerprint density at radius 1 is 1.56 bits per heavy atom. The van der Waals surface area contributed by atoms with Crippen molar-refractivity contribution in [3.8, 4) is 5.75 Å². The zero-order valence-electron chi connectivity index (χ0n) is 10.7. The third-order valence-electron chi connectivity index (χ3n) is 2.63. The van der Waals surface area contributed by atoms with Crippen molar-refractivity contribution >= 4 is 17.5 Å². The smallest absolute Gasteiger partial charge is 0.258 e. The Morgan fingerprint density at radius 3 is 2.89 bits per heavy atom. The van der Waals surface area contributed by atoms with Gasteiger partial charge in [0, 0.05) is 23.2 Å². The van der Waals surface area contributed by atoms with Crippen LogP contribution in [-0.2, 0) is 11.3 Å². The molecule has 0 spiro atoms. The van der Waals surface area contributed by atoms with Gasteiger partial charge >= 0.3 is 0 Å². The summed E-state index contributed by atoms with van der Waals surface area (Å²) in [6.45, 7) is 4.27. The van der Waals surface area contributed by atoms with Crippen LogP contribution in [0.5, 0.6) is 5.75 Å². The monoisotopic (exact) mass is 270 g/mol. The summed E-state index contributed by atoms with van der Waals surface area (Å²) in [5.74, 6) is 0.414. The van der Waals surface area contributed by atoms with Gasteiger partial charge in [-0.25, -0.2) is 0 Å². The largest absolute Gasteiger partial charge is 0.483 e. The van der Waals surface area contributed by atoms with Crippen molar-refractivity contribution in [2.45, 2.75) is 32.9 Å². The SMILES string of the molecule is CCC(C)NC(=O)COc1cc(Cl)ccc1CN. The lowest BCUT2D eigenvalue weighted by Gasteiger charge is -2.13. The topological polar surface area (TPSA) is 64.3 Å². The Balaban J connectivity index is 2.57. The summed E-state index contributed by atoms with van der Waals surface area (Å²) in [6, 6.07) is 5.36. The normalized spacial score (nSPS) is 12.0. The summed E-state index contributed by atoms with van der Waals surface area (Å²) in [7, 11) is 0. The van der Waals surface area contributed by atoms with Crippen LogP contribution in [0.4, 0.5) is 0 Å². The van der Waals surface area contributed by atoms with Crippen LogP contribution in [0.3, 0.4) is 0 Å². The maximum Gasteiger partial charge on any atom is 0.258 e. The van der Waals surface area contributed by atoms with Crippen molar-refractivity contribution in [3.05, 3.63) is 28.8 Å². The molecule has 1 amide bonds. The van der Waals surface area contributed by atoms with Gasteiger partial charge in [-0.3, -0.25) is 4.79 Å². The molecular weight excluding hydrogens is 252 g/mol. The van der Waals surface area contributed by atoms with E-state index in [2.05, 4.69) is 5.32 Å². The van der Waals surface area contributed by atoms with E-state index in [9.17, 15) is 4.79 Å². The van der Waals surface area contributed by atoms with Crippen LogP contribution in [0.25, 0.3) is 0 Å². The lowest BCUT2D eigenvalue weighted by atomic mass is 10.2. The zero-order valence-corrected chi connectivity index (χ0v) is 11.5. The lowest BCUT2D eigenvalue weighted by molar-refractivity contribution is -0.123. The average molecular weight is 271 g/mol. The molecule has 100 valence electrons. The van der Waals surface area contributed by atoms with E-state index in [1.54, 1.807) is 18.2 Å². The number of ether oxygens (including phenoxy) is 1. The molecule has 1 aromatic carbocycles. The molecule has 1 aromatic rings. The van der Waals surface area contributed by atoms with E-state index < -0.39 is 0 Å². The summed E-state index contributed by atoms with van der Waals surface area (Å²) in [4.78, 5) is 11.6. The number of hydrogen-bond acceptors (Lipinski definition) is 3. The number of halogens is 1. The summed E-state index contributed by atoms with van der Waals surface area (Å²) in [5.41, 5.74) is 6.42. The minimum absolute atomic E-state index is 0.0301. The molecule has 1 atom stereocenters. The van der Waals surface area contributed by atoms with Crippen molar-refractivity contribution < 1.29 is 9.53 Å². The molecule has 0 fully saturated rings. The zero-order chi connectivity index (χ0) is 13.5. The van der Waals surface area contributed by atoms with E-state index in [1.807, 2.05) is 13.8 Å². The maximum absolute atomic E-state index is 11.6. The Kier molecular flexibility index (Phi) is 5.95. The summed E-state index contributed by atoms with van der Waals surface area (Å²) < 4.78 is 5.44. The molecule has 5 heteroatoms. The molecule has 0 aliphatic carbocycles. The van der Waals surface area contributed by atoms with Gasteiger partial charge in [-0.1, -0.05) is 24.6 Å². The molecule has 18 heavy (non-hydrogen) atoms. The van der Waals surface area contributed by atoms with Gasteiger partial charge in [0.25, 0.3) is 5.91 Å². The number of carbonyl (C=O) groups excluding carboxylic acids is 1. The van der Waals surface area contributed by atoms with E-state index in [4.69, 9.17) is 22.1 Å². The highest BCUT2D eigenvalue weighted by Gasteiger charge is 2.08. The van der Waals surface area contributed by atoms with Crippen molar-refractivity contribution in [1.29, 1.82) is 0 Å². The Hall–Kier alpha value is -1.26. The van der Waals surface area contributed by atoms with E-state index in [0.717, 1.165) is 12.0 Å².